The fraction of sp³-hybridized carbons (Fsp3) is 0. The highest BCUT2D eigenvalue weighted by atomic mass is 14.3. The minimum Gasteiger partial charge on any atom is -0.0622 e. The van der Waals surface area contributed by atoms with Gasteiger partial charge < -0.3 is 0 Å². The zero-order valence-electron chi connectivity index (χ0n) is 36.4. The normalized spacial score (nSPS) is 11.3. The molecule has 0 aliphatic rings. The first kappa shape index (κ1) is 39.0. The van der Waals surface area contributed by atoms with Gasteiger partial charge in [-0.2, -0.15) is 0 Å². The van der Waals surface area contributed by atoms with E-state index < -0.39 is 0 Å². The van der Waals surface area contributed by atoms with E-state index in [0.29, 0.717) is 0 Å². The number of rotatable bonds is 8. The summed E-state index contributed by atoms with van der Waals surface area (Å²) >= 11 is 0. The molecule has 12 aromatic rings. The number of hydrogen-bond donors (Lipinski definition) is 0. The minimum atomic E-state index is 1.18. The van der Waals surface area contributed by atoms with E-state index in [1.807, 2.05) is 0 Å². The third kappa shape index (κ3) is 6.97. The molecule has 0 unspecified atom stereocenters. The van der Waals surface area contributed by atoms with Gasteiger partial charge in [0, 0.05) is 0 Å². The summed E-state index contributed by atoms with van der Waals surface area (Å²) in [5.74, 6) is 0. The van der Waals surface area contributed by atoms with Crippen molar-refractivity contribution in [1.82, 2.24) is 0 Å². The SMILES string of the molecule is c1ccc(-c2ccc(-c3c4cc5ccccc5cc4c(-c4ccc(-c5ccccc5)cc4-c4ccccc4)c4c(-c5ccccc5)ccc(-c5ccccc5)c34)c(-c3ccccc3)c2)cc1. The lowest BCUT2D eigenvalue weighted by Crippen LogP contribution is -1.98. The van der Waals surface area contributed by atoms with Crippen molar-refractivity contribution in [3.05, 3.63) is 267 Å². The maximum Gasteiger partial charge on any atom is -0.000763 e. The molecule has 0 aliphatic carbocycles. The predicted octanol–water partition coefficient (Wildman–Crippen LogP) is 18.5. The van der Waals surface area contributed by atoms with Gasteiger partial charge in [-0.25, -0.2) is 0 Å². The monoisotopic (exact) mass is 836 g/mol. The lowest BCUT2D eigenvalue weighted by molar-refractivity contribution is 1.57. The van der Waals surface area contributed by atoms with Crippen molar-refractivity contribution in [2.45, 2.75) is 0 Å². The summed E-state index contributed by atoms with van der Waals surface area (Å²) in [7, 11) is 0. The molecule has 0 amide bonds. The Morgan fingerprint density at radius 2 is 0.439 bits per heavy atom. The second kappa shape index (κ2) is 16.8. The third-order valence-electron chi connectivity index (χ3n) is 13.3. The number of fused-ring (bicyclic) bond motifs is 3. The highest BCUT2D eigenvalue weighted by molar-refractivity contribution is 6.30. The van der Waals surface area contributed by atoms with Crippen molar-refractivity contribution >= 4 is 32.3 Å². The molecule has 0 aromatic heterocycles. The molecule has 0 radical (unpaired) electrons. The molecule has 0 spiro atoms. The highest BCUT2D eigenvalue weighted by Gasteiger charge is 2.26. The number of hydrogen-bond acceptors (Lipinski definition) is 0. The van der Waals surface area contributed by atoms with Crippen LogP contribution in [0.25, 0.3) is 121 Å². The Labute approximate surface area is 386 Å². The molecule has 308 valence electrons. The highest BCUT2D eigenvalue weighted by Crippen LogP contribution is 2.54. The standard InChI is InChI=1S/C66H44/c1-7-21-45(22-8-1)53-35-37-57(59(41-53)49-29-15-5-16-30-49)63-61-43-51-33-19-20-34-52(51)44-62(61)64(58-38-36-54(46-23-9-2-10-24-46)42-60(58)50-31-17-6-18-32-50)66-56(48-27-13-4-14-28-48)40-39-55(65(63)66)47-25-11-3-12-26-47/h1-44H. The van der Waals surface area contributed by atoms with Crippen molar-refractivity contribution in [3.63, 3.8) is 0 Å². The van der Waals surface area contributed by atoms with Gasteiger partial charge in [-0.15, -0.1) is 0 Å². The van der Waals surface area contributed by atoms with E-state index in [0.717, 1.165) is 0 Å². The van der Waals surface area contributed by atoms with E-state index in [9.17, 15) is 0 Å². The van der Waals surface area contributed by atoms with Crippen LogP contribution in [0.3, 0.4) is 0 Å². The second-order valence-corrected chi connectivity index (χ2v) is 17.1. The number of benzene rings is 12. The third-order valence-corrected chi connectivity index (χ3v) is 13.3. The van der Waals surface area contributed by atoms with Gasteiger partial charge in [-0.05, 0) is 146 Å². The van der Waals surface area contributed by atoms with E-state index in [2.05, 4.69) is 267 Å². The van der Waals surface area contributed by atoms with Gasteiger partial charge in [0.15, 0.2) is 0 Å². The van der Waals surface area contributed by atoms with E-state index >= 15 is 0 Å². The summed E-state index contributed by atoms with van der Waals surface area (Å²) < 4.78 is 0. The quantitative estimate of drug-likeness (QED) is 0.134. The molecule has 0 heteroatoms. The molecule has 66 heavy (non-hydrogen) atoms. The largest absolute Gasteiger partial charge is 0.0622 e. The van der Waals surface area contributed by atoms with E-state index in [1.54, 1.807) is 0 Å². The lowest BCUT2D eigenvalue weighted by atomic mass is 9.77. The molecule has 0 N–H and O–H groups in total. The van der Waals surface area contributed by atoms with Crippen LogP contribution in [0.4, 0.5) is 0 Å². The first-order chi connectivity index (χ1) is 32.8. The first-order valence-electron chi connectivity index (χ1n) is 22.8. The van der Waals surface area contributed by atoms with E-state index in [-0.39, 0.29) is 0 Å². The van der Waals surface area contributed by atoms with Crippen LogP contribution in [0.2, 0.25) is 0 Å². The van der Waals surface area contributed by atoms with Gasteiger partial charge in [0.25, 0.3) is 0 Å². The van der Waals surface area contributed by atoms with E-state index in [4.69, 9.17) is 0 Å². The maximum absolute atomic E-state index is 2.47. The van der Waals surface area contributed by atoms with Crippen LogP contribution in [0.15, 0.2) is 267 Å². The van der Waals surface area contributed by atoms with Gasteiger partial charge in [-0.1, -0.05) is 243 Å². The molecule has 12 aromatic carbocycles. The van der Waals surface area contributed by atoms with Crippen LogP contribution in [0.1, 0.15) is 0 Å². The van der Waals surface area contributed by atoms with Crippen LogP contribution >= 0.6 is 0 Å². The molecule has 0 bridgehead atoms. The Kier molecular flexibility index (Phi) is 9.97. The Bertz CT molecular complexity index is 3440. The van der Waals surface area contributed by atoms with Crippen LogP contribution in [0.5, 0.6) is 0 Å². The summed E-state index contributed by atoms with van der Waals surface area (Å²) in [6, 6.07) is 98.2. The van der Waals surface area contributed by atoms with Gasteiger partial charge in [0.2, 0.25) is 0 Å². The Hall–Kier alpha value is -8.58. The zero-order valence-corrected chi connectivity index (χ0v) is 36.4. The fourth-order valence-corrected chi connectivity index (χ4v) is 10.2. The maximum atomic E-state index is 2.47. The van der Waals surface area contributed by atoms with E-state index in [1.165, 1.54) is 121 Å². The summed E-state index contributed by atoms with van der Waals surface area (Å²) in [6.07, 6.45) is 0. The van der Waals surface area contributed by atoms with Crippen molar-refractivity contribution < 1.29 is 0 Å². The summed E-state index contributed by atoms with van der Waals surface area (Å²) in [4.78, 5) is 0. The smallest absolute Gasteiger partial charge is 0.000763 e. The van der Waals surface area contributed by atoms with Gasteiger partial charge >= 0.3 is 0 Å². The fourth-order valence-electron chi connectivity index (χ4n) is 10.2. The molecule has 0 saturated heterocycles. The first-order valence-corrected chi connectivity index (χ1v) is 22.8. The van der Waals surface area contributed by atoms with Gasteiger partial charge in [0.05, 0.1) is 0 Å². The van der Waals surface area contributed by atoms with Crippen LogP contribution in [-0.2, 0) is 0 Å². The molecule has 0 saturated carbocycles. The van der Waals surface area contributed by atoms with Gasteiger partial charge in [0.1, 0.15) is 0 Å². The molecule has 0 atom stereocenters. The average molecular weight is 837 g/mol. The average Bonchev–Trinajstić information content (AvgIpc) is 3.40. The summed E-state index contributed by atoms with van der Waals surface area (Å²) in [5.41, 5.74) is 19.1. The molecule has 0 fully saturated rings. The minimum absolute atomic E-state index is 1.18. The lowest BCUT2D eigenvalue weighted by Gasteiger charge is -2.26. The zero-order chi connectivity index (χ0) is 43.8. The Morgan fingerprint density at radius 3 is 0.773 bits per heavy atom. The van der Waals surface area contributed by atoms with Crippen LogP contribution in [0, 0.1) is 0 Å². The van der Waals surface area contributed by atoms with Crippen molar-refractivity contribution in [1.29, 1.82) is 0 Å². The van der Waals surface area contributed by atoms with Crippen LogP contribution < -0.4 is 0 Å². The van der Waals surface area contributed by atoms with Crippen molar-refractivity contribution in [2.24, 2.45) is 0 Å². The van der Waals surface area contributed by atoms with Crippen molar-refractivity contribution in [2.75, 3.05) is 0 Å². The molecule has 12 rings (SSSR count). The topological polar surface area (TPSA) is 0 Å². The molecule has 0 aliphatic heterocycles. The van der Waals surface area contributed by atoms with Crippen molar-refractivity contribution in [3.8, 4) is 89.0 Å². The molecule has 0 nitrogen and oxygen atoms in total. The molecule has 0 heterocycles. The Morgan fingerprint density at radius 1 is 0.167 bits per heavy atom. The van der Waals surface area contributed by atoms with Crippen LogP contribution in [-0.4, -0.2) is 0 Å². The second-order valence-electron chi connectivity index (χ2n) is 17.1. The predicted molar refractivity (Wildman–Crippen MR) is 282 cm³/mol. The van der Waals surface area contributed by atoms with Gasteiger partial charge in [-0.3, -0.25) is 0 Å². The summed E-state index contributed by atoms with van der Waals surface area (Å²) in [6.45, 7) is 0. The molecular weight excluding hydrogens is 793 g/mol. The Balaban J connectivity index is 1.33. The molecular formula is C66H44. The summed E-state index contributed by atoms with van der Waals surface area (Å²) in [5, 5.41) is 7.32.